The van der Waals surface area contributed by atoms with Gasteiger partial charge in [-0.05, 0) is 40.2 Å². The summed E-state index contributed by atoms with van der Waals surface area (Å²) in [5, 5.41) is 3.29. The van der Waals surface area contributed by atoms with E-state index in [1.165, 1.54) is 4.31 Å². The maximum Gasteiger partial charge on any atom is 0.279 e. The number of likely N-dealkylation sites (N-methyl/N-ethyl adjacent to an activating group) is 1. The number of nitrogens with one attached hydrogen (secondary N) is 2. The molecule has 0 aromatic heterocycles. The van der Waals surface area contributed by atoms with Crippen molar-refractivity contribution in [2.75, 3.05) is 20.1 Å². The minimum atomic E-state index is -3.36. The quantitative estimate of drug-likeness (QED) is 0.753. The summed E-state index contributed by atoms with van der Waals surface area (Å²) in [6.07, 6.45) is 2.18. The highest BCUT2D eigenvalue weighted by Crippen LogP contribution is 2.10. The van der Waals surface area contributed by atoms with Crippen molar-refractivity contribution in [3.05, 3.63) is 0 Å². The molecule has 5 nitrogen and oxygen atoms in total. The molecule has 0 aromatic carbocycles. The van der Waals surface area contributed by atoms with Crippen LogP contribution in [0.25, 0.3) is 0 Å². The van der Waals surface area contributed by atoms with Crippen molar-refractivity contribution in [1.82, 2.24) is 14.3 Å². The first-order chi connectivity index (χ1) is 7.21. The number of hydrogen-bond donors (Lipinski definition) is 2. The van der Waals surface area contributed by atoms with Crippen LogP contribution in [0.3, 0.4) is 0 Å². The minimum Gasteiger partial charge on any atom is -0.313 e. The number of nitrogens with zero attached hydrogens (tertiary/aromatic N) is 1. The fraction of sp³-hybridized carbons (Fsp3) is 1.00. The molecule has 1 atom stereocenters. The van der Waals surface area contributed by atoms with E-state index in [0.717, 1.165) is 19.4 Å². The summed E-state index contributed by atoms with van der Waals surface area (Å²) in [7, 11) is -1.74. The van der Waals surface area contributed by atoms with E-state index < -0.39 is 15.7 Å². The zero-order valence-electron chi connectivity index (χ0n) is 10.6. The van der Waals surface area contributed by atoms with Gasteiger partial charge in [-0.15, -0.1) is 0 Å². The maximum absolute atomic E-state index is 11.9. The van der Waals surface area contributed by atoms with Gasteiger partial charge in [-0.3, -0.25) is 0 Å². The van der Waals surface area contributed by atoms with Crippen molar-refractivity contribution >= 4 is 10.2 Å². The molecule has 0 spiro atoms. The lowest BCUT2D eigenvalue weighted by atomic mass is 10.1. The highest BCUT2D eigenvalue weighted by atomic mass is 32.2. The molecule has 0 aromatic rings. The zero-order chi connectivity index (χ0) is 12.4. The molecule has 1 unspecified atom stereocenters. The molecule has 0 radical (unpaired) electrons. The Morgan fingerprint density at radius 1 is 1.44 bits per heavy atom. The second-order valence-electron chi connectivity index (χ2n) is 5.43. The van der Waals surface area contributed by atoms with Crippen molar-refractivity contribution in [2.45, 2.75) is 45.2 Å². The molecule has 96 valence electrons. The predicted molar refractivity (Wildman–Crippen MR) is 65.5 cm³/mol. The molecule has 2 N–H and O–H groups in total. The van der Waals surface area contributed by atoms with Crippen LogP contribution in [0, 0.1) is 0 Å². The Bertz CT molecular complexity index is 315. The summed E-state index contributed by atoms with van der Waals surface area (Å²) in [4.78, 5) is 0. The first-order valence-corrected chi connectivity index (χ1v) is 7.13. The molecule has 0 aliphatic carbocycles. The average molecular weight is 249 g/mol. The summed E-state index contributed by atoms with van der Waals surface area (Å²) in [6, 6.07) is 0.293. The first kappa shape index (κ1) is 13.9. The lowest BCUT2D eigenvalue weighted by Gasteiger charge is -2.26. The van der Waals surface area contributed by atoms with Crippen LogP contribution < -0.4 is 10.0 Å². The van der Waals surface area contributed by atoms with Gasteiger partial charge in [-0.2, -0.15) is 17.4 Å². The van der Waals surface area contributed by atoms with Crippen LogP contribution in [0.1, 0.15) is 33.6 Å². The van der Waals surface area contributed by atoms with Crippen LogP contribution in [0.15, 0.2) is 0 Å². The Hall–Kier alpha value is -0.170. The average Bonchev–Trinajstić information content (AvgIpc) is 2.51. The van der Waals surface area contributed by atoms with Gasteiger partial charge in [0, 0.05) is 25.2 Å². The van der Waals surface area contributed by atoms with Crippen LogP contribution in [-0.4, -0.2) is 44.4 Å². The SMILES string of the molecule is CN(CC1CCCN1)S(=O)(=O)NC(C)(C)C. The van der Waals surface area contributed by atoms with E-state index in [-0.39, 0.29) is 0 Å². The van der Waals surface area contributed by atoms with E-state index in [9.17, 15) is 8.42 Å². The minimum absolute atomic E-state index is 0.293. The summed E-state index contributed by atoms with van der Waals surface area (Å²) >= 11 is 0. The Balaban J connectivity index is 2.54. The first-order valence-electron chi connectivity index (χ1n) is 5.69. The highest BCUT2D eigenvalue weighted by Gasteiger charge is 2.26. The molecular weight excluding hydrogens is 226 g/mol. The Morgan fingerprint density at radius 2 is 2.06 bits per heavy atom. The van der Waals surface area contributed by atoms with Crippen LogP contribution in [0.2, 0.25) is 0 Å². The van der Waals surface area contributed by atoms with E-state index >= 15 is 0 Å². The van der Waals surface area contributed by atoms with E-state index in [2.05, 4.69) is 10.0 Å². The molecule has 1 aliphatic rings. The lowest BCUT2D eigenvalue weighted by Crippen LogP contribution is -2.50. The maximum atomic E-state index is 11.9. The molecular formula is C10H23N3O2S. The molecule has 6 heteroatoms. The van der Waals surface area contributed by atoms with Crippen LogP contribution >= 0.6 is 0 Å². The molecule has 1 heterocycles. The van der Waals surface area contributed by atoms with Gasteiger partial charge in [0.25, 0.3) is 10.2 Å². The molecule has 0 saturated carbocycles. The van der Waals surface area contributed by atoms with Gasteiger partial charge in [0.05, 0.1) is 0 Å². The van der Waals surface area contributed by atoms with Gasteiger partial charge in [-0.1, -0.05) is 0 Å². The summed E-state index contributed by atoms with van der Waals surface area (Å²) in [5.41, 5.74) is -0.434. The van der Waals surface area contributed by atoms with Gasteiger partial charge in [-0.25, -0.2) is 0 Å². The number of rotatable bonds is 4. The van der Waals surface area contributed by atoms with Gasteiger partial charge < -0.3 is 5.32 Å². The summed E-state index contributed by atoms with van der Waals surface area (Å²) in [6.45, 7) is 7.04. The van der Waals surface area contributed by atoms with E-state index in [1.807, 2.05) is 20.8 Å². The summed E-state index contributed by atoms with van der Waals surface area (Å²) < 4.78 is 27.9. The molecule has 1 fully saturated rings. The highest BCUT2D eigenvalue weighted by molar-refractivity contribution is 7.87. The number of hydrogen-bond acceptors (Lipinski definition) is 3. The topological polar surface area (TPSA) is 61.4 Å². The fourth-order valence-electron chi connectivity index (χ4n) is 1.79. The second kappa shape index (κ2) is 5.00. The van der Waals surface area contributed by atoms with Gasteiger partial charge in [0.1, 0.15) is 0 Å². The molecule has 0 amide bonds. The Kier molecular flexibility index (Phi) is 4.34. The second-order valence-corrected chi connectivity index (χ2v) is 7.21. The van der Waals surface area contributed by atoms with Crippen molar-refractivity contribution < 1.29 is 8.42 Å². The Morgan fingerprint density at radius 3 is 2.50 bits per heavy atom. The van der Waals surface area contributed by atoms with Crippen LogP contribution in [0.5, 0.6) is 0 Å². The van der Waals surface area contributed by atoms with Gasteiger partial charge in [0.2, 0.25) is 0 Å². The van der Waals surface area contributed by atoms with Crippen LogP contribution in [0.4, 0.5) is 0 Å². The molecule has 1 aliphatic heterocycles. The molecule has 0 bridgehead atoms. The lowest BCUT2D eigenvalue weighted by molar-refractivity contribution is 0.392. The van der Waals surface area contributed by atoms with Gasteiger partial charge >= 0.3 is 0 Å². The Labute approximate surface area is 98.8 Å². The summed E-state index contributed by atoms with van der Waals surface area (Å²) in [5.74, 6) is 0. The van der Waals surface area contributed by atoms with E-state index in [1.54, 1.807) is 7.05 Å². The smallest absolute Gasteiger partial charge is 0.279 e. The van der Waals surface area contributed by atoms with Gasteiger partial charge in [0.15, 0.2) is 0 Å². The monoisotopic (exact) mass is 249 g/mol. The molecule has 1 rings (SSSR count). The normalized spacial score (nSPS) is 22.9. The van der Waals surface area contributed by atoms with E-state index in [4.69, 9.17) is 0 Å². The van der Waals surface area contributed by atoms with Crippen molar-refractivity contribution in [3.63, 3.8) is 0 Å². The fourth-order valence-corrected chi connectivity index (χ4v) is 3.09. The third-order valence-corrected chi connectivity index (χ3v) is 4.33. The predicted octanol–water partition coefficient (Wildman–Crippen LogP) is 0.303. The van der Waals surface area contributed by atoms with Crippen LogP contribution in [-0.2, 0) is 10.2 Å². The molecule has 1 saturated heterocycles. The third-order valence-electron chi connectivity index (χ3n) is 2.49. The third kappa shape index (κ3) is 4.37. The van der Waals surface area contributed by atoms with E-state index in [0.29, 0.717) is 12.6 Å². The van der Waals surface area contributed by atoms with Crippen molar-refractivity contribution in [3.8, 4) is 0 Å². The standard InChI is InChI=1S/C10H23N3O2S/c1-10(2,3)12-16(14,15)13(4)8-9-6-5-7-11-9/h9,11-12H,5-8H2,1-4H3. The zero-order valence-corrected chi connectivity index (χ0v) is 11.4. The molecule has 16 heavy (non-hydrogen) atoms. The van der Waals surface area contributed by atoms with Crippen molar-refractivity contribution in [1.29, 1.82) is 0 Å². The largest absolute Gasteiger partial charge is 0.313 e. The van der Waals surface area contributed by atoms with Crippen molar-refractivity contribution in [2.24, 2.45) is 0 Å².